The van der Waals surface area contributed by atoms with Crippen LogP contribution in [0.5, 0.6) is 11.5 Å². The van der Waals surface area contributed by atoms with Gasteiger partial charge in [0.15, 0.2) is 11.5 Å². The minimum Gasteiger partial charge on any atom is -0.504 e. The van der Waals surface area contributed by atoms with Crippen LogP contribution in [-0.4, -0.2) is 16.4 Å². The van der Waals surface area contributed by atoms with Crippen molar-refractivity contribution in [3.05, 3.63) is 23.0 Å². The number of hydrogen-bond acceptors (Lipinski definition) is 3. The highest BCUT2D eigenvalue weighted by atomic mass is 19.1. The van der Waals surface area contributed by atoms with Crippen LogP contribution in [0.2, 0.25) is 0 Å². The van der Waals surface area contributed by atoms with Gasteiger partial charge in [-0.25, -0.2) is 9.18 Å². The van der Waals surface area contributed by atoms with Gasteiger partial charge >= 0.3 is 6.16 Å². The molecule has 1 rings (SSSR count). The van der Waals surface area contributed by atoms with Crippen LogP contribution >= 0.6 is 0 Å². The van der Waals surface area contributed by atoms with Crippen LogP contribution < -0.4 is 4.74 Å². The Kier molecular flexibility index (Phi) is 4.95. The molecule has 0 unspecified atom stereocenters. The van der Waals surface area contributed by atoms with Crippen molar-refractivity contribution in [2.75, 3.05) is 0 Å². The Labute approximate surface area is 105 Å². The van der Waals surface area contributed by atoms with Crippen LogP contribution in [0.4, 0.5) is 9.18 Å². The summed E-state index contributed by atoms with van der Waals surface area (Å²) in [6.45, 7) is 3.81. The highest BCUT2D eigenvalue weighted by Crippen LogP contribution is 2.36. The number of aromatic hydroxyl groups is 1. The molecule has 0 heterocycles. The number of phenolic OH excluding ortho intramolecular Hbond substituents is 1. The molecule has 0 aliphatic carbocycles. The Balaban J connectivity index is 3.30. The van der Waals surface area contributed by atoms with E-state index in [1.165, 1.54) is 0 Å². The van der Waals surface area contributed by atoms with Crippen molar-refractivity contribution in [2.45, 2.75) is 39.5 Å². The van der Waals surface area contributed by atoms with E-state index in [0.717, 1.165) is 18.9 Å². The highest BCUT2D eigenvalue weighted by Gasteiger charge is 2.19. The number of halogens is 1. The zero-order valence-electron chi connectivity index (χ0n) is 10.5. The zero-order valence-corrected chi connectivity index (χ0v) is 10.5. The Hall–Kier alpha value is -1.78. The van der Waals surface area contributed by atoms with E-state index in [9.17, 15) is 14.3 Å². The molecule has 0 saturated carbocycles. The van der Waals surface area contributed by atoms with E-state index >= 15 is 0 Å². The average Bonchev–Trinajstić information content (AvgIpc) is 2.29. The third-order valence-corrected chi connectivity index (χ3v) is 2.63. The molecular formula is C13H17FO4. The highest BCUT2D eigenvalue weighted by molar-refractivity contribution is 5.64. The molecule has 1 aromatic carbocycles. The van der Waals surface area contributed by atoms with Crippen molar-refractivity contribution in [2.24, 2.45) is 0 Å². The smallest absolute Gasteiger partial charge is 0.504 e. The third kappa shape index (κ3) is 3.12. The van der Waals surface area contributed by atoms with E-state index in [4.69, 9.17) is 5.11 Å². The molecule has 2 N–H and O–H groups in total. The number of carbonyl (C=O) groups is 1. The predicted octanol–water partition coefficient (Wildman–Crippen LogP) is 3.49. The van der Waals surface area contributed by atoms with Gasteiger partial charge in [-0.15, -0.1) is 0 Å². The molecule has 0 bridgehead atoms. The molecule has 5 heteroatoms. The lowest BCUT2D eigenvalue weighted by atomic mass is 9.97. The number of carboxylic acid groups (broad SMARTS) is 1. The topological polar surface area (TPSA) is 66.8 Å². The summed E-state index contributed by atoms with van der Waals surface area (Å²) in [5.74, 6) is -1.15. The number of hydrogen-bond donors (Lipinski definition) is 2. The fourth-order valence-corrected chi connectivity index (χ4v) is 1.92. The number of benzene rings is 1. The maximum Gasteiger partial charge on any atom is 0.511 e. The summed E-state index contributed by atoms with van der Waals surface area (Å²) in [6.07, 6.45) is 0.874. The summed E-state index contributed by atoms with van der Waals surface area (Å²) in [5.41, 5.74) is 0.880. The van der Waals surface area contributed by atoms with Crippen LogP contribution in [0.3, 0.4) is 0 Å². The summed E-state index contributed by atoms with van der Waals surface area (Å²) in [6, 6.07) is 0.924. The van der Waals surface area contributed by atoms with Crippen LogP contribution in [0, 0.1) is 5.82 Å². The third-order valence-electron chi connectivity index (χ3n) is 2.63. The number of rotatable bonds is 5. The second kappa shape index (κ2) is 6.23. The van der Waals surface area contributed by atoms with Crippen LogP contribution in [0.15, 0.2) is 6.07 Å². The molecule has 0 fully saturated rings. The first-order valence-electron chi connectivity index (χ1n) is 5.95. The van der Waals surface area contributed by atoms with E-state index < -0.39 is 12.0 Å². The van der Waals surface area contributed by atoms with Crippen molar-refractivity contribution >= 4 is 6.16 Å². The standard InChI is InChI=1S/C13H17FO4/c1-3-5-8-9(6-4-2)12(15)11(7-10(8)14)18-13(16)17/h7,15H,3-6H2,1-2H3,(H,16,17). The molecule has 0 radical (unpaired) electrons. The summed E-state index contributed by atoms with van der Waals surface area (Å²) >= 11 is 0. The minimum atomic E-state index is -1.57. The van der Waals surface area contributed by atoms with Gasteiger partial charge in [-0.1, -0.05) is 26.7 Å². The maximum absolute atomic E-state index is 13.9. The molecule has 0 saturated heterocycles. The summed E-state index contributed by atoms with van der Waals surface area (Å²) in [5, 5.41) is 18.5. The molecule has 18 heavy (non-hydrogen) atoms. The molecule has 0 spiro atoms. The lowest BCUT2D eigenvalue weighted by Crippen LogP contribution is -2.07. The molecule has 0 atom stereocenters. The van der Waals surface area contributed by atoms with Crippen molar-refractivity contribution in [3.63, 3.8) is 0 Å². The molecule has 0 aliphatic heterocycles. The van der Waals surface area contributed by atoms with Gasteiger partial charge in [0.05, 0.1) is 0 Å². The quantitative estimate of drug-likeness (QED) is 0.625. The molecule has 0 aliphatic rings. The Morgan fingerprint density at radius 2 is 1.83 bits per heavy atom. The zero-order chi connectivity index (χ0) is 13.7. The van der Waals surface area contributed by atoms with E-state index in [-0.39, 0.29) is 11.5 Å². The van der Waals surface area contributed by atoms with E-state index in [1.54, 1.807) is 0 Å². The molecule has 1 aromatic rings. The normalized spacial score (nSPS) is 10.4. The van der Waals surface area contributed by atoms with Gasteiger partial charge in [0, 0.05) is 11.6 Å². The first-order valence-corrected chi connectivity index (χ1v) is 5.95. The van der Waals surface area contributed by atoms with Gasteiger partial charge in [0.2, 0.25) is 0 Å². The van der Waals surface area contributed by atoms with Crippen molar-refractivity contribution in [1.29, 1.82) is 0 Å². The maximum atomic E-state index is 13.9. The van der Waals surface area contributed by atoms with E-state index in [0.29, 0.717) is 24.0 Å². The largest absolute Gasteiger partial charge is 0.511 e. The summed E-state index contributed by atoms with van der Waals surface area (Å²) < 4.78 is 18.2. The number of phenols is 1. The Morgan fingerprint density at radius 1 is 1.28 bits per heavy atom. The Bertz CT molecular complexity index is 443. The SMILES string of the molecule is CCCc1c(F)cc(OC(=O)O)c(O)c1CCC. The summed E-state index contributed by atoms with van der Waals surface area (Å²) in [4.78, 5) is 10.5. The fourth-order valence-electron chi connectivity index (χ4n) is 1.92. The first-order chi connectivity index (χ1) is 8.51. The van der Waals surface area contributed by atoms with Crippen molar-refractivity contribution in [3.8, 4) is 11.5 Å². The average molecular weight is 256 g/mol. The van der Waals surface area contributed by atoms with Gasteiger partial charge in [-0.2, -0.15) is 0 Å². The van der Waals surface area contributed by atoms with Gasteiger partial charge in [-0.3, -0.25) is 0 Å². The molecule has 0 amide bonds. The molecule has 4 nitrogen and oxygen atoms in total. The van der Waals surface area contributed by atoms with Crippen molar-refractivity contribution < 1.29 is 24.1 Å². The molecule has 0 aromatic heterocycles. The molecule has 100 valence electrons. The lowest BCUT2D eigenvalue weighted by Gasteiger charge is -2.14. The first kappa shape index (κ1) is 14.3. The summed E-state index contributed by atoms with van der Waals surface area (Å²) in [7, 11) is 0. The fraction of sp³-hybridized carbons (Fsp3) is 0.462. The molecular weight excluding hydrogens is 239 g/mol. The van der Waals surface area contributed by atoms with Gasteiger partial charge in [0.1, 0.15) is 5.82 Å². The monoisotopic (exact) mass is 256 g/mol. The van der Waals surface area contributed by atoms with Gasteiger partial charge in [-0.05, 0) is 18.4 Å². The van der Waals surface area contributed by atoms with Crippen molar-refractivity contribution in [1.82, 2.24) is 0 Å². The second-order valence-corrected chi connectivity index (χ2v) is 4.03. The van der Waals surface area contributed by atoms with E-state index in [1.807, 2.05) is 13.8 Å². The van der Waals surface area contributed by atoms with Gasteiger partial charge < -0.3 is 14.9 Å². The predicted molar refractivity (Wildman–Crippen MR) is 64.7 cm³/mol. The minimum absolute atomic E-state index is 0.274. The van der Waals surface area contributed by atoms with Crippen LogP contribution in [-0.2, 0) is 12.8 Å². The Morgan fingerprint density at radius 3 is 2.33 bits per heavy atom. The van der Waals surface area contributed by atoms with Gasteiger partial charge in [0.25, 0.3) is 0 Å². The lowest BCUT2D eigenvalue weighted by molar-refractivity contribution is 0.142. The number of ether oxygens (including phenoxy) is 1. The van der Waals surface area contributed by atoms with E-state index in [2.05, 4.69) is 4.74 Å². The second-order valence-electron chi connectivity index (χ2n) is 4.03. The van der Waals surface area contributed by atoms with Crippen LogP contribution in [0.1, 0.15) is 37.8 Å². The van der Waals surface area contributed by atoms with Crippen LogP contribution in [0.25, 0.3) is 0 Å².